The zero-order valence-corrected chi connectivity index (χ0v) is 15.9. The van der Waals surface area contributed by atoms with Gasteiger partial charge in [-0.3, -0.25) is 4.79 Å². The molecule has 2 aromatic rings. The quantitative estimate of drug-likeness (QED) is 0.336. The third kappa shape index (κ3) is 6.68. The molecule has 25 heavy (non-hydrogen) atoms. The van der Waals surface area contributed by atoms with E-state index in [1.54, 1.807) is 0 Å². The summed E-state index contributed by atoms with van der Waals surface area (Å²) in [5.41, 5.74) is 3.28. The molecule has 0 fully saturated rings. The topological polar surface area (TPSA) is 37.3 Å². The number of aliphatic hydroxyl groups is 1. The van der Waals surface area contributed by atoms with Gasteiger partial charge < -0.3 is 5.11 Å². The smallest absolute Gasteiger partial charge is 0.188 e. The van der Waals surface area contributed by atoms with Crippen molar-refractivity contribution in [1.29, 1.82) is 0 Å². The van der Waals surface area contributed by atoms with E-state index in [4.69, 9.17) is 5.11 Å². The highest BCUT2D eigenvalue weighted by Gasteiger charge is 2.09. The first-order chi connectivity index (χ1) is 12.2. The molecule has 134 valence electrons. The summed E-state index contributed by atoms with van der Waals surface area (Å²) in [4.78, 5) is 13.0. The van der Waals surface area contributed by atoms with Gasteiger partial charge in [-0.25, -0.2) is 0 Å². The Kier molecular flexibility index (Phi) is 8.78. The van der Waals surface area contributed by atoms with E-state index in [0.29, 0.717) is 5.56 Å². The number of ketones is 1. The molecule has 0 heterocycles. The van der Waals surface area contributed by atoms with E-state index in [1.165, 1.54) is 35.3 Å². The summed E-state index contributed by atoms with van der Waals surface area (Å²) in [6, 6.07) is 16.5. The number of unbranched alkanes of at least 4 members (excludes halogenated alkanes) is 2. The molecule has 0 amide bonds. The first-order valence-corrected chi connectivity index (χ1v) is 10.2. The molecule has 0 bridgehead atoms. The predicted molar refractivity (Wildman–Crippen MR) is 107 cm³/mol. The van der Waals surface area contributed by atoms with E-state index in [-0.39, 0.29) is 5.78 Å². The van der Waals surface area contributed by atoms with Crippen LogP contribution in [0.1, 0.15) is 54.1 Å². The average molecular weight is 357 g/mol. The van der Waals surface area contributed by atoms with Crippen LogP contribution >= 0.6 is 11.8 Å². The number of aryl methyl sites for hydroxylation is 2. The Morgan fingerprint density at radius 2 is 1.80 bits per heavy atom. The van der Waals surface area contributed by atoms with Gasteiger partial charge >= 0.3 is 0 Å². The minimum Gasteiger partial charge on any atom is -0.388 e. The number of hydrogen-bond acceptors (Lipinski definition) is 3. The van der Waals surface area contributed by atoms with Crippen molar-refractivity contribution >= 4 is 17.5 Å². The molecule has 0 unspecified atom stereocenters. The fourth-order valence-electron chi connectivity index (χ4n) is 2.88. The molecule has 0 aliphatic rings. The van der Waals surface area contributed by atoms with E-state index >= 15 is 0 Å². The van der Waals surface area contributed by atoms with Gasteiger partial charge in [-0.1, -0.05) is 56.2 Å². The van der Waals surface area contributed by atoms with Crippen LogP contribution in [0.25, 0.3) is 0 Å². The van der Waals surface area contributed by atoms with Crippen LogP contribution in [0.3, 0.4) is 0 Å². The van der Waals surface area contributed by atoms with Crippen molar-refractivity contribution in [3.05, 3.63) is 65.2 Å². The van der Waals surface area contributed by atoms with Crippen LogP contribution in [-0.2, 0) is 12.8 Å². The number of hydrogen-bond donors (Lipinski definition) is 1. The summed E-state index contributed by atoms with van der Waals surface area (Å²) in [6.45, 7) is 1.73. The molecule has 3 heteroatoms. The molecule has 0 atom stereocenters. The number of carbonyl (C=O) groups is 1. The molecule has 0 aliphatic heterocycles. The maximum atomic E-state index is 11.7. The Labute approximate surface area is 155 Å². The maximum absolute atomic E-state index is 11.7. The molecule has 0 saturated heterocycles. The molecule has 0 spiro atoms. The zero-order valence-electron chi connectivity index (χ0n) is 15.0. The Hall–Kier alpha value is -1.58. The summed E-state index contributed by atoms with van der Waals surface area (Å²) in [5, 5.41) is 9.03. The maximum Gasteiger partial charge on any atom is 0.188 e. The van der Waals surface area contributed by atoms with Gasteiger partial charge in [0.15, 0.2) is 5.78 Å². The Morgan fingerprint density at radius 1 is 1.00 bits per heavy atom. The van der Waals surface area contributed by atoms with E-state index in [0.717, 1.165) is 25.0 Å². The first-order valence-electron chi connectivity index (χ1n) is 9.18. The van der Waals surface area contributed by atoms with Gasteiger partial charge in [-0.15, -0.1) is 11.8 Å². The molecule has 0 radical (unpaired) electrons. The Balaban J connectivity index is 1.78. The third-order valence-electron chi connectivity index (χ3n) is 4.26. The van der Waals surface area contributed by atoms with Crippen molar-refractivity contribution in [2.24, 2.45) is 0 Å². The highest BCUT2D eigenvalue weighted by Crippen LogP contribution is 2.26. The van der Waals surface area contributed by atoms with E-state index in [9.17, 15) is 4.79 Å². The van der Waals surface area contributed by atoms with Gasteiger partial charge in [-0.05, 0) is 54.7 Å². The van der Waals surface area contributed by atoms with Gasteiger partial charge in [0.1, 0.15) is 6.61 Å². The van der Waals surface area contributed by atoms with E-state index in [1.807, 2.05) is 30.0 Å². The van der Waals surface area contributed by atoms with Gasteiger partial charge in [-0.2, -0.15) is 0 Å². The van der Waals surface area contributed by atoms with Gasteiger partial charge in [0.05, 0.1) is 0 Å². The molecular weight excluding hydrogens is 328 g/mol. The van der Waals surface area contributed by atoms with Crippen molar-refractivity contribution in [3.8, 4) is 0 Å². The van der Waals surface area contributed by atoms with Crippen molar-refractivity contribution < 1.29 is 9.90 Å². The highest BCUT2D eigenvalue weighted by molar-refractivity contribution is 7.99. The number of carbonyl (C=O) groups excluding carboxylic acids is 1. The van der Waals surface area contributed by atoms with Crippen LogP contribution in [0.15, 0.2) is 53.4 Å². The lowest BCUT2D eigenvalue weighted by atomic mass is 10.0. The van der Waals surface area contributed by atoms with Gasteiger partial charge in [0, 0.05) is 10.5 Å². The second-order valence-corrected chi connectivity index (χ2v) is 7.44. The fourth-order valence-corrected chi connectivity index (χ4v) is 3.96. The molecule has 2 aromatic carbocycles. The Morgan fingerprint density at radius 3 is 2.52 bits per heavy atom. The number of rotatable bonds is 11. The zero-order chi connectivity index (χ0) is 17.9. The van der Waals surface area contributed by atoms with Crippen LogP contribution in [0.4, 0.5) is 0 Å². The van der Waals surface area contributed by atoms with Crippen LogP contribution in [0, 0.1) is 0 Å². The third-order valence-corrected chi connectivity index (χ3v) is 5.46. The van der Waals surface area contributed by atoms with E-state index < -0.39 is 6.61 Å². The number of thioether (sulfide) groups is 1. The lowest BCUT2D eigenvalue weighted by Gasteiger charge is -2.10. The van der Waals surface area contributed by atoms with E-state index in [2.05, 4.69) is 37.3 Å². The lowest BCUT2D eigenvalue weighted by molar-refractivity contribution is 0.0903. The molecule has 0 saturated carbocycles. The molecule has 0 aromatic heterocycles. The van der Waals surface area contributed by atoms with Gasteiger partial charge in [0.25, 0.3) is 0 Å². The van der Waals surface area contributed by atoms with Crippen molar-refractivity contribution in [3.63, 3.8) is 0 Å². The monoisotopic (exact) mass is 356 g/mol. The first kappa shape index (κ1) is 19.7. The van der Waals surface area contributed by atoms with Crippen LogP contribution < -0.4 is 0 Å². The summed E-state index contributed by atoms with van der Waals surface area (Å²) < 4.78 is 0. The second-order valence-electron chi connectivity index (χ2n) is 6.30. The second kappa shape index (κ2) is 11.1. The average Bonchev–Trinajstić information content (AvgIpc) is 2.65. The normalized spacial score (nSPS) is 10.8. The van der Waals surface area contributed by atoms with Crippen LogP contribution in [-0.4, -0.2) is 23.2 Å². The minimum absolute atomic E-state index is 0.199. The molecule has 2 rings (SSSR count). The summed E-state index contributed by atoms with van der Waals surface area (Å²) in [7, 11) is 0. The number of aliphatic hydroxyl groups excluding tert-OH is 1. The standard InChI is InChI=1S/C22H28O2S/c1-2-9-20-16-19(21(24)17-23)13-14-22(20)25-15-8-4-7-12-18-10-5-3-6-11-18/h3,5-6,10-11,13-14,16,23H,2,4,7-9,12,15,17H2,1H3. The lowest BCUT2D eigenvalue weighted by Crippen LogP contribution is -2.05. The van der Waals surface area contributed by atoms with Crippen LogP contribution in [0.2, 0.25) is 0 Å². The fraction of sp³-hybridized carbons (Fsp3) is 0.409. The van der Waals surface area contributed by atoms with Crippen molar-refractivity contribution in [2.75, 3.05) is 12.4 Å². The SMILES string of the molecule is CCCc1cc(C(=O)CO)ccc1SCCCCCc1ccccc1. The van der Waals surface area contributed by atoms with Gasteiger partial charge in [0.2, 0.25) is 0 Å². The summed E-state index contributed by atoms with van der Waals surface area (Å²) >= 11 is 1.89. The molecule has 0 aliphatic carbocycles. The van der Waals surface area contributed by atoms with Crippen LogP contribution in [0.5, 0.6) is 0 Å². The largest absolute Gasteiger partial charge is 0.388 e. The molecule has 1 N–H and O–H groups in total. The number of Topliss-reactive ketones (excluding diaryl/α,β-unsaturated/α-hetero) is 1. The summed E-state index contributed by atoms with van der Waals surface area (Å²) in [6.07, 6.45) is 6.87. The highest BCUT2D eigenvalue weighted by atomic mass is 32.2. The number of benzene rings is 2. The van der Waals surface area contributed by atoms with Crippen molar-refractivity contribution in [2.45, 2.75) is 50.3 Å². The summed E-state index contributed by atoms with van der Waals surface area (Å²) in [5.74, 6) is 0.911. The predicted octanol–water partition coefficient (Wildman–Crippen LogP) is 5.32. The van der Waals surface area contributed by atoms with Crippen molar-refractivity contribution in [1.82, 2.24) is 0 Å². The minimum atomic E-state index is -0.417. The molecular formula is C22H28O2S. The molecule has 2 nitrogen and oxygen atoms in total. The Bertz CT molecular complexity index is 652.